The number of hydrogen-bond acceptors (Lipinski definition) is 5. The summed E-state index contributed by atoms with van der Waals surface area (Å²) < 4.78 is 6.00. The van der Waals surface area contributed by atoms with Gasteiger partial charge in [-0.05, 0) is 24.6 Å². The number of thiophene rings is 1. The van der Waals surface area contributed by atoms with E-state index in [0.29, 0.717) is 15.2 Å². The Morgan fingerprint density at radius 1 is 1.35 bits per heavy atom. The third kappa shape index (κ3) is 2.75. The first-order valence-electron chi connectivity index (χ1n) is 6.85. The molecule has 0 spiro atoms. The molecule has 0 aliphatic heterocycles. The minimum Gasteiger partial charge on any atom is -0.467 e. The summed E-state index contributed by atoms with van der Waals surface area (Å²) in [6, 6.07) is 6.51. The number of nitrogens with zero attached hydrogens (tertiary/aromatic N) is 2. The Hall–Kier alpha value is -2.18. The van der Waals surface area contributed by atoms with Crippen molar-refractivity contribution in [1.29, 1.82) is 0 Å². The topological polar surface area (TPSA) is 61.2 Å². The number of benzene rings is 1. The minimum absolute atomic E-state index is 0.265. The molecule has 0 unspecified atom stereocenters. The van der Waals surface area contributed by atoms with Crippen molar-refractivity contribution >= 4 is 39.1 Å². The van der Waals surface area contributed by atoms with E-state index >= 15 is 0 Å². The standard InChI is InChI=1S/C16H13ClN2O3S/c1-9(16(21)22-2)19-8-18-14-13(15(19)20)12(7-23-14)10-3-5-11(17)6-4-10/h3-9H,1-2H3/t9-/m1/s1. The number of carbonyl (C=O) groups excluding carboxylic acids is 1. The second-order valence-electron chi connectivity index (χ2n) is 4.99. The molecule has 5 nitrogen and oxygen atoms in total. The van der Waals surface area contributed by atoms with Gasteiger partial charge in [0.2, 0.25) is 0 Å². The summed E-state index contributed by atoms with van der Waals surface area (Å²) in [5, 5.41) is 3.01. The molecule has 0 bridgehead atoms. The van der Waals surface area contributed by atoms with Crippen LogP contribution in [0.25, 0.3) is 21.3 Å². The highest BCUT2D eigenvalue weighted by Gasteiger charge is 2.20. The van der Waals surface area contributed by atoms with Crippen LogP contribution in [0, 0.1) is 0 Å². The van der Waals surface area contributed by atoms with Gasteiger partial charge in [-0.1, -0.05) is 23.7 Å². The van der Waals surface area contributed by atoms with Gasteiger partial charge in [0.05, 0.1) is 18.8 Å². The smallest absolute Gasteiger partial charge is 0.328 e. The van der Waals surface area contributed by atoms with Gasteiger partial charge in [-0.15, -0.1) is 11.3 Å². The maximum absolute atomic E-state index is 12.8. The Balaban J connectivity index is 2.20. The van der Waals surface area contributed by atoms with E-state index in [1.54, 1.807) is 19.1 Å². The third-order valence-corrected chi connectivity index (χ3v) is 4.77. The molecule has 0 N–H and O–H groups in total. The molecule has 0 fully saturated rings. The van der Waals surface area contributed by atoms with Crippen molar-refractivity contribution in [2.45, 2.75) is 13.0 Å². The van der Waals surface area contributed by atoms with Crippen molar-refractivity contribution in [2.24, 2.45) is 0 Å². The molecular formula is C16H13ClN2O3S. The Morgan fingerprint density at radius 3 is 2.70 bits per heavy atom. The molecule has 23 heavy (non-hydrogen) atoms. The van der Waals surface area contributed by atoms with E-state index in [1.165, 1.54) is 29.3 Å². The largest absolute Gasteiger partial charge is 0.467 e. The molecule has 1 atom stereocenters. The first-order chi connectivity index (χ1) is 11.0. The number of carbonyl (C=O) groups is 1. The van der Waals surface area contributed by atoms with Crippen molar-refractivity contribution < 1.29 is 9.53 Å². The van der Waals surface area contributed by atoms with Crippen LogP contribution in [0.1, 0.15) is 13.0 Å². The molecule has 0 aliphatic carbocycles. The molecule has 1 aromatic carbocycles. The van der Waals surface area contributed by atoms with Crippen LogP contribution in [0.15, 0.2) is 40.8 Å². The summed E-state index contributed by atoms with van der Waals surface area (Å²) in [6.07, 6.45) is 1.38. The molecule has 3 rings (SSSR count). The van der Waals surface area contributed by atoms with Gasteiger partial charge in [-0.3, -0.25) is 9.36 Å². The summed E-state index contributed by atoms with van der Waals surface area (Å²) in [5.41, 5.74) is 1.40. The summed E-state index contributed by atoms with van der Waals surface area (Å²) in [6.45, 7) is 1.61. The minimum atomic E-state index is -0.734. The number of hydrogen-bond donors (Lipinski definition) is 0. The number of ether oxygens (including phenoxy) is 1. The zero-order chi connectivity index (χ0) is 16.6. The number of aromatic nitrogens is 2. The van der Waals surface area contributed by atoms with Gasteiger partial charge in [-0.2, -0.15) is 0 Å². The lowest BCUT2D eigenvalue weighted by atomic mass is 10.1. The van der Waals surface area contributed by atoms with E-state index in [9.17, 15) is 9.59 Å². The second-order valence-corrected chi connectivity index (χ2v) is 6.29. The van der Waals surface area contributed by atoms with Gasteiger partial charge in [-0.25, -0.2) is 9.78 Å². The Morgan fingerprint density at radius 2 is 2.04 bits per heavy atom. The first kappa shape index (κ1) is 15.7. The van der Waals surface area contributed by atoms with E-state index < -0.39 is 12.0 Å². The zero-order valence-electron chi connectivity index (χ0n) is 12.4. The average molecular weight is 349 g/mol. The molecular weight excluding hydrogens is 336 g/mol. The summed E-state index contributed by atoms with van der Waals surface area (Å²) in [5.74, 6) is -0.489. The van der Waals surface area contributed by atoms with Crippen molar-refractivity contribution in [2.75, 3.05) is 7.11 Å². The molecule has 0 amide bonds. The normalized spacial score (nSPS) is 12.3. The monoisotopic (exact) mass is 348 g/mol. The third-order valence-electron chi connectivity index (χ3n) is 3.63. The summed E-state index contributed by atoms with van der Waals surface area (Å²) in [7, 11) is 1.29. The highest BCUT2D eigenvalue weighted by molar-refractivity contribution is 7.17. The maximum Gasteiger partial charge on any atom is 0.328 e. The second kappa shape index (κ2) is 6.14. The number of rotatable bonds is 3. The highest BCUT2D eigenvalue weighted by Crippen LogP contribution is 2.31. The summed E-state index contributed by atoms with van der Waals surface area (Å²) in [4.78, 5) is 29.4. The van der Waals surface area contributed by atoms with Crippen LogP contribution < -0.4 is 5.56 Å². The predicted molar refractivity (Wildman–Crippen MR) is 91.1 cm³/mol. The Labute approximate surface area is 141 Å². The van der Waals surface area contributed by atoms with Crippen LogP contribution >= 0.6 is 22.9 Å². The lowest BCUT2D eigenvalue weighted by molar-refractivity contribution is -0.144. The number of esters is 1. The molecule has 3 aromatic rings. The van der Waals surface area contributed by atoms with E-state index in [-0.39, 0.29) is 5.56 Å². The quantitative estimate of drug-likeness (QED) is 0.679. The van der Waals surface area contributed by atoms with Gasteiger partial charge in [0.25, 0.3) is 5.56 Å². The predicted octanol–water partition coefficient (Wildman–Crippen LogP) is 3.51. The molecule has 0 saturated carbocycles. The van der Waals surface area contributed by atoms with Crippen LogP contribution in [0.2, 0.25) is 5.02 Å². The first-order valence-corrected chi connectivity index (χ1v) is 8.10. The van der Waals surface area contributed by atoms with E-state index in [2.05, 4.69) is 4.98 Å². The van der Waals surface area contributed by atoms with Crippen molar-refractivity contribution in [3.05, 3.63) is 51.3 Å². The molecule has 0 radical (unpaired) electrons. The fourth-order valence-electron chi connectivity index (χ4n) is 2.35. The van der Waals surface area contributed by atoms with Crippen LogP contribution in [0.4, 0.5) is 0 Å². The zero-order valence-corrected chi connectivity index (χ0v) is 14.0. The van der Waals surface area contributed by atoms with Gasteiger partial charge < -0.3 is 4.74 Å². The number of fused-ring (bicyclic) bond motifs is 1. The molecule has 2 aromatic heterocycles. The SMILES string of the molecule is COC(=O)[C@@H](C)n1cnc2scc(-c3ccc(Cl)cc3)c2c1=O. The van der Waals surface area contributed by atoms with Crippen molar-refractivity contribution in [3.63, 3.8) is 0 Å². The van der Waals surface area contributed by atoms with Crippen molar-refractivity contribution in [3.8, 4) is 11.1 Å². The molecule has 0 saturated heterocycles. The van der Waals surface area contributed by atoms with Gasteiger partial charge >= 0.3 is 5.97 Å². The number of methoxy groups -OCH3 is 1. The van der Waals surface area contributed by atoms with Crippen molar-refractivity contribution in [1.82, 2.24) is 9.55 Å². The van der Waals surface area contributed by atoms with Crippen LogP contribution in [-0.2, 0) is 9.53 Å². The van der Waals surface area contributed by atoms with Crippen LogP contribution in [0.5, 0.6) is 0 Å². The van der Waals surface area contributed by atoms with Crippen LogP contribution in [-0.4, -0.2) is 22.6 Å². The highest BCUT2D eigenvalue weighted by atomic mass is 35.5. The Kier molecular flexibility index (Phi) is 4.19. The fraction of sp³-hybridized carbons (Fsp3) is 0.188. The van der Waals surface area contributed by atoms with E-state index in [4.69, 9.17) is 16.3 Å². The average Bonchev–Trinajstić information content (AvgIpc) is 2.99. The van der Waals surface area contributed by atoms with Crippen LogP contribution in [0.3, 0.4) is 0 Å². The fourth-order valence-corrected chi connectivity index (χ4v) is 3.38. The molecule has 2 heterocycles. The van der Waals surface area contributed by atoms with Gasteiger partial charge in [0.1, 0.15) is 10.9 Å². The van der Waals surface area contributed by atoms with Gasteiger partial charge in [0, 0.05) is 16.0 Å². The Bertz CT molecular complexity index is 931. The summed E-state index contributed by atoms with van der Waals surface area (Å²) >= 11 is 7.30. The van der Waals surface area contributed by atoms with Gasteiger partial charge in [0.15, 0.2) is 0 Å². The molecule has 7 heteroatoms. The lowest BCUT2D eigenvalue weighted by Gasteiger charge is -2.12. The maximum atomic E-state index is 12.8. The van der Waals surface area contributed by atoms with E-state index in [0.717, 1.165) is 11.1 Å². The lowest BCUT2D eigenvalue weighted by Crippen LogP contribution is -2.29. The molecule has 118 valence electrons. The van der Waals surface area contributed by atoms with E-state index in [1.807, 2.05) is 17.5 Å². The molecule has 0 aliphatic rings. The number of halogens is 1.